The molecule has 0 saturated heterocycles. The highest BCUT2D eigenvalue weighted by atomic mass is 32.1. The van der Waals surface area contributed by atoms with Crippen LogP contribution in [0.25, 0.3) is 0 Å². The molecule has 0 spiro atoms. The van der Waals surface area contributed by atoms with E-state index in [0.717, 1.165) is 0 Å². The van der Waals surface area contributed by atoms with E-state index in [4.69, 9.17) is 15.7 Å². The van der Waals surface area contributed by atoms with Gasteiger partial charge in [0.05, 0.1) is 10.1 Å². The Balaban J connectivity index is 3.29. The Hall–Kier alpha value is 0.110. The molecule has 42 valence electrons. The predicted octanol–water partition coefficient (Wildman–Crippen LogP) is -0.820. The van der Waals surface area contributed by atoms with Gasteiger partial charge >= 0.3 is 0 Å². The lowest BCUT2D eigenvalue weighted by Gasteiger charge is -1.88. The van der Waals surface area contributed by atoms with Gasteiger partial charge in [-0.1, -0.05) is 10.9 Å². The number of hydrogen-bond acceptors (Lipinski definition) is 2. The zero-order chi connectivity index (χ0) is 7.02. The van der Waals surface area contributed by atoms with Crippen LogP contribution >= 0.6 is 25.3 Å². The lowest BCUT2D eigenvalue weighted by molar-refractivity contribution is 1.11. The molecule has 1 heterocycles. The van der Waals surface area contributed by atoms with Crippen LogP contribution in [-0.2, 0) is 0 Å². The second-order valence-corrected chi connectivity index (χ2v) is 2.54. The number of aromatic amines is 1. The van der Waals surface area contributed by atoms with Crippen molar-refractivity contribution in [3.05, 3.63) is 0 Å². The molecule has 4 radical (unpaired) electrons. The molecule has 0 aliphatic carbocycles. The molecule has 0 bridgehead atoms. The molecule has 1 nitrogen and oxygen atoms in total. The van der Waals surface area contributed by atoms with Crippen LogP contribution in [0.1, 0.15) is 0 Å². The van der Waals surface area contributed by atoms with E-state index in [1.807, 2.05) is 0 Å². The van der Waals surface area contributed by atoms with E-state index in [9.17, 15) is 0 Å². The maximum Gasteiger partial charge on any atom is 0.116 e. The van der Waals surface area contributed by atoms with Gasteiger partial charge in [-0.2, -0.15) is 0 Å². The summed E-state index contributed by atoms with van der Waals surface area (Å²) in [5.74, 6) is 0. The summed E-state index contributed by atoms with van der Waals surface area (Å²) in [7, 11) is 10.8. The summed E-state index contributed by atoms with van der Waals surface area (Å²) < 4.78 is 0. The normalized spacial score (nSPS) is 10.0. The molecular formula is C4H3B2NS2. The fraction of sp³-hybridized carbons (Fsp3) is 0. The molecule has 0 saturated carbocycles. The number of thiol groups is 2. The van der Waals surface area contributed by atoms with Crippen molar-refractivity contribution in [1.82, 2.24) is 4.98 Å². The molecule has 0 aliphatic heterocycles. The number of hydrogen-bond donors (Lipinski definition) is 3. The summed E-state index contributed by atoms with van der Waals surface area (Å²) in [5.41, 5.74) is 0.923. The van der Waals surface area contributed by atoms with E-state index in [1.165, 1.54) is 0 Å². The molecule has 0 aromatic carbocycles. The van der Waals surface area contributed by atoms with Crippen LogP contribution in [0.4, 0.5) is 0 Å². The van der Waals surface area contributed by atoms with Gasteiger partial charge < -0.3 is 4.98 Å². The molecular weight excluding hydrogens is 148 g/mol. The first-order valence-electron chi connectivity index (χ1n) is 2.27. The first kappa shape index (κ1) is 7.22. The Labute approximate surface area is 67.3 Å². The monoisotopic (exact) mass is 151 g/mol. The minimum Gasteiger partial charge on any atom is -0.346 e. The average Bonchev–Trinajstić information content (AvgIpc) is 1.98. The van der Waals surface area contributed by atoms with Crippen LogP contribution in [0.15, 0.2) is 10.1 Å². The lowest BCUT2D eigenvalue weighted by Crippen LogP contribution is -2.22. The molecule has 1 aromatic heterocycles. The third-order valence-electron chi connectivity index (χ3n) is 1.04. The van der Waals surface area contributed by atoms with Crippen molar-refractivity contribution in [2.24, 2.45) is 0 Å². The van der Waals surface area contributed by atoms with Gasteiger partial charge in [-0.25, -0.2) is 0 Å². The predicted molar refractivity (Wildman–Crippen MR) is 46.1 cm³/mol. The summed E-state index contributed by atoms with van der Waals surface area (Å²) >= 11 is 7.96. The van der Waals surface area contributed by atoms with E-state index in [1.54, 1.807) is 0 Å². The second-order valence-electron chi connectivity index (χ2n) is 1.65. The maximum atomic E-state index is 5.42. The summed E-state index contributed by atoms with van der Waals surface area (Å²) in [4.78, 5) is 2.75. The van der Waals surface area contributed by atoms with Gasteiger partial charge in [-0.05, 0) is 0 Å². The summed E-state index contributed by atoms with van der Waals surface area (Å²) in [6, 6.07) is 0. The van der Waals surface area contributed by atoms with Crippen molar-refractivity contribution in [1.29, 1.82) is 0 Å². The minimum absolute atomic E-state index is 0.461. The van der Waals surface area contributed by atoms with Gasteiger partial charge in [0.1, 0.15) is 15.7 Å². The molecule has 1 N–H and O–H groups in total. The van der Waals surface area contributed by atoms with Crippen LogP contribution in [0.5, 0.6) is 0 Å². The SMILES string of the molecule is [B]c1c(S)[nH]c(S)c1[B]. The van der Waals surface area contributed by atoms with Crippen LogP contribution in [0.3, 0.4) is 0 Å². The Bertz CT molecular complexity index is 210. The Morgan fingerprint density at radius 1 is 1.00 bits per heavy atom. The molecule has 0 unspecified atom stereocenters. The highest BCUT2D eigenvalue weighted by Gasteiger charge is 2.01. The van der Waals surface area contributed by atoms with Gasteiger partial charge in [-0.3, -0.25) is 0 Å². The number of rotatable bonds is 0. The van der Waals surface area contributed by atoms with Gasteiger partial charge in [0.15, 0.2) is 0 Å². The highest BCUT2D eigenvalue weighted by molar-refractivity contribution is 7.81. The van der Waals surface area contributed by atoms with Crippen molar-refractivity contribution in [3.8, 4) is 0 Å². The first-order chi connectivity index (χ1) is 4.13. The topological polar surface area (TPSA) is 15.8 Å². The molecule has 0 amide bonds. The number of aromatic nitrogens is 1. The van der Waals surface area contributed by atoms with Crippen LogP contribution in [0.2, 0.25) is 0 Å². The van der Waals surface area contributed by atoms with Crippen molar-refractivity contribution < 1.29 is 0 Å². The third kappa shape index (κ3) is 1.17. The molecule has 0 atom stereocenters. The van der Waals surface area contributed by atoms with E-state index in [2.05, 4.69) is 30.2 Å². The molecule has 1 aromatic rings. The standard InChI is InChI=1S/C4H3B2NS2/c5-1-2(6)4(9)7-3(1)8/h7-9H. The van der Waals surface area contributed by atoms with Gasteiger partial charge in [-0.15, -0.1) is 25.3 Å². The fourth-order valence-corrected chi connectivity index (χ4v) is 1.05. The Kier molecular flexibility index (Phi) is 1.91. The Morgan fingerprint density at radius 3 is 1.44 bits per heavy atom. The van der Waals surface area contributed by atoms with Crippen LogP contribution in [0, 0.1) is 0 Å². The second kappa shape index (κ2) is 2.39. The molecule has 5 heteroatoms. The van der Waals surface area contributed by atoms with Gasteiger partial charge in [0.25, 0.3) is 0 Å². The summed E-state index contributed by atoms with van der Waals surface area (Å²) in [6.45, 7) is 0. The minimum atomic E-state index is 0.461. The van der Waals surface area contributed by atoms with Crippen LogP contribution < -0.4 is 10.9 Å². The van der Waals surface area contributed by atoms with E-state index < -0.39 is 0 Å². The quantitative estimate of drug-likeness (QED) is 0.317. The largest absolute Gasteiger partial charge is 0.346 e. The van der Waals surface area contributed by atoms with Crippen molar-refractivity contribution in [3.63, 3.8) is 0 Å². The van der Waals surface area contributed by atoms with E-state index >= 15 is 0 Å². The van der Waals surface area contributed by atoms with Gasteiger partial charge in [0, 0.05) is 0 Å². The molecule has 9 heavy (non-hydrogen) atoms. The van der Waals surface area contributed by atoms with E-state index in [0.29, 0.717) is 21.0 Å². The number of nitrogens with one attached hydrogen (secondary N) is 1. The highest BCUT2D eigenvalue weighted by Crippen LogP contribution is 2.01. The molecule has 1 rings (SSSR count). The number of H-pyrrole nitrogens is 1. The average molecular weight is 151 g/mol. The molecule has 0 fully saturated rings. The van der Waals surface area contributed by atoms with Crippen LogP contribution in [-0.4, -0.2) is 20.7 Å². The molecule has 0 aliphatic rings. The third-order valence-corrected chi connectivity index (χ3v) is 1.74. The van der Waals surface area contributed by atoms with Crippen molar-refractivity contribution in [2.75, 3.05) is 0 Å². The summed E-state index contributed by atoms with van der Waals surface area (Å²) in [5, 5.41) is 1.13. The van der Waals surface area contributed by atoms with Gasteiger partial charge in [0.2, 0.25) is 0 Å². The van der Waals surface area contributed by atoms with Crippen molar-refractivity contribution >= 4 is 51.9 Å². The lowest BCUT2D eigenvalue weighted by atomic mass is 9.85. The fourth-order valence-electron chi connectivity index (χ4n) is 0.502. The zero-order valence-electron chi connectivity index (χ0n) is 4.55. The van der Waals surface area contributed by atoms with E-state index in [-0.39, 0.29) is 0 Å². The maximum absolute atomic E-state index is 5.42. The zero-order valence-corrected chi connectivity index (χ0v) is 6.34. The Morgan fingerprint density at radius 2 is 1.33 bits per heavy atom. The first-order valence-corrected chi connectivity index (χ1v) is 3.17. The van der Waals surface area contributed by atoms with Crippen molar-refractivity contribution in [2.45, 2.75) is 10.1 Å². The smallest absolute Gasteiger partial charge is 0.116 e. The summed E-state index contributed by atoms with van der Waals surface area (Å²) in [6.07, 6.45) is 0.